The molecule has 39 heavy (non-hydrogen) atoms. The van der Waals surface area contributed by atoms with Gasteiger partial charge in [-0.1, -0.05) is 121 Å². The quantitative estimate of drug-likeness (QED) is 0.217. The van der Waals surface area contributed by atoms with Crippen LogP contribution >= 0.6 is 0 Å². The van der Waals surface area contributed by atoms with Gasteiger partial charge in [0, 0.05) is 5.56 Å². The molecule has 1 aromatic heterocycles. The van der Waals surface area contributed by atoms with E-state index in [0.717, 1.165) is 27.8 Å². The molecule has 0 saturated carbocycles. The molecule has 0 fully saturated rings. The van der Waals surface area contributed by atoms with E-state index in [9.17, 15) is 8.78 Å². The van der Waals surface area contributed by atoms with Gasteiger partial charge in [-0.2, -0.15) is 0 Å². The average molecular weight is 515 g/mol. The number of halogens is 2. The fraction of sp³-hybridized carbons (Fsp3) is 0.0606. The zero-order valence-corrected chi connectivity index (χ0v) is 21.2. The number of aromatic nitrogens is 4. The molecule has 6 rings (SSSR count). The van der Waals surface area contributed by atoms with Gasteiger partial charge in [-0.3, -0.25) is 0 Å². The van der Waals surface area contributed by atoms with Crippen molar-refractivity contribution in [1.29, 1.82) is 0 Å². The molecule has 4 nitrogen and oxygen atoms in total. The average Bonchev–Trinajstić information content (AvgIpc) is 3.47. The zero-order valence-electron chi connectivity index (χ0n) is 21.2. The van der Waals surface area contributed by atoms with Gasteiger partial charge in [-0.05, 0) is 57.3 Å². The van der Waals surface area contributed by atoms with Gasteiger partial charge in [0.05, 0.1) is 0 Å². The fourth-order valence-electron chi connectivity index (χ4n) is 5.19. The molecule has 0 saturated heterocycles. The molecule has 190 valence electrons. The highest BCUT2D eigenvalue weighted by atomic mass is 19.2. The molecule has 0 aliphatic heterocycles. The predicted octanol–water partition coefficient (Wildman–Crippen LogP) is 7.43. The molecular formula is C33H24F2N4. The van der Waals surface area contributed by atoms with Gasteiger partial charge in [-0.25, -0.2) is 13.5 Å². The highest BCUT2D eigenvalue weighted by Gasteiger charge is 2.42. The maximum absolute atomic E-state index is 14.9. The molecule has 1 heterocycles. The van der Waals surface area contributed by atoms with Crippen LogP contribution in [0, 0.1) is 18.6 Å². The maximum atomic E-state index is 14.9. The third-order valence-electron chi connectivity index (χ3n) is 7.03. The summed E-state index contributed by atoms with van der Waals surface area (Å²) in [6, 6.07) is 39.9. The smallest absolute Gasteiger partial charge is 0.184 e. The van der Waals surface area contributed by atoms with Crippen LogP contribution in [0.5, 0.6) is 0 Å². The summed E-state index contributed by atoms with van der Waals surface area (Å²) < 4.78 is 31.3. The van der Waals surface area contributed by atoms with E-state index in [-0.39, 0.29) is 0 Å². The third kappa shape index (κ3) is 4.20. The van der Waals surface area contributed by atoms with Gasteiger partial charge in [0.15, 0.2) is 17.5 Å². The Bertz CT molecular complexity index is 1620. The lowest BCUT2D eigenvalue weighted by Crippen LogP contribution is -2.39. The normalized spacial score (nSPS) is 11.5. The second-order valence-corrected chi connectivity index (χ2v) is 9.40. The second kappa shape index (κ2) is 10.1. The van der Waals surface area contributed by atoms with Crippen LogP contribution in [-0.4, -0.2) is 20.2 Å². The first-order valence-electron chi connectivity index (χ1n) is 12.6. The van der Waals surface area contributed by atoms with E-state index in [1.165, 1.54) is 12.1 Å². The van der Waals surface area contributed by atoms with Crippen molar-refractivity contribution in [3.63, 3.8) is 0 Å². The van der Waals surface area contributed by atoms with E-state index >= 15 is 0 Å². The molecule has 0 spiro atoms. The van der Waals surface area contributed by atoms with Crippen LogP contribution in [0.25, 0.3) is 22.5 Å². The summed E-state index contributed by atoms with van der Waals surface area (Å²) in [6.07, 6.45) is 0. The Hall–Kier alpha value is -4.97. The van der Waals surface area contributed by atoms with Crippen molar-refractivity contribution in [1.82, 2.24) is 20.2 Å². The number of benzene rings is 5. The number of nitrogens with zero attached hydrogens (tertiary/aromatic N) is 4. The molecule has 0 aliphatic rings. The minimum atomic E-state index is -1.02. The predicted molar refractivity (Wildman–Crippen MR) is 148 cm³/mol. The van der Waals surface area contributed by atoms with Crippen molar-refractivity contribution in [2.24, 2.45) is 0 Å². The van der Waals surface area contributed by atoms with E-state index < -0.39 is 17.2 Å². The first-order chi connectivity index (χ1) is 19.1. The Morgan fingerprint density at radius 1 is 0.590 bits per heavy atom. The summed E-state index contributed by atoms with van der Waals surface area (Å²) in [5.41, 5.74) is 4.39. The van der Waals surface area contributed by atoms with E-state index in [4.69, 9.17) is 0 Å². The van der Waals surface area contributed by atoms with Crippen molar-refractivity contribution in [2.75, 3.05) is 0 Å². The van der Waals surface area contributed by atoms with Gasteiger partial charge in [0.1, 0.15) is 5.54 Å². The van der Waals surface area contributed by atoms with Crippen LogP contribution in [0.3, 0.4) is 0 Å². The Morgan fingerprint density at radius 3 is 1.54 bits per heavy atom. The van der Waals surface area contributed by atoms with Gasteiger partial charge in [-0.15, -0.1) is 5.10 Å². The van der Waals surface area contributed by atoms with Gasteiger partial charge in [0.25, 0.3) is 0 Å². The Balaban J connectivity index is 1.71. The van der Waals surface area contributed by atoms with E-state index in [2.05, 4.69) is 15.5 Å². The number of hydrogen-bond acceptors (Lipinski definition) is 3. The molecule has 5 aromatic carbocycles. The van der Waals surface area contributed by atoms with Gasteiger partial charge in [0.2, 0.25) is 0 Å². The van der Waals surface area contributed by atoms with Crippen LogP contribution in [0.2, 0.25) is 0 Å². The minimum Gasteiger partial charge on any atom is -0.205 e. The van der Waals surface area contributed by atoms with Crippen molar-refractivity contribution in [3.05, 3.63) is 161 Å². The maximum Gasteiger partial charge on any atom is 0.184 e. The van der Waals surface area contributed by atoms with Crippen LogP contribution in [0.4, 0.5) is 8.78 Å². The Morgan fingerprint density at radius 2 is 1.05 bits per heavy atom. The SMILES string of the molecule is Cc1ccc(-c2cc(F)c(F)cc2-c2nnnn2C(c2ccccc2)(c2ccccc2)c2ccccc2)cc1. The van der Waals surface area contributed by atoms with E-state index in [1.54, 1.807) is 4.68 Å². The summed E-state index contributed by atoms with van der Waals surface area (Å²) >= 11 is 0. The number of aryl methyl sites for hydroxylation is 1. The lowest BCUT2D eigenvalue weighted by molar-refractivity contribution is 0.451. The fourth-order valence-corrected chi connectivity index (χ4v) is 5.19. The summed E-state index contributed by atoms with van der Waals surface area (Å²) in [4.78, 5) is 0. The Kier molecular flexibility index (Phi) is 6.29. The van der Waals surface area contributed by atoms with Crippen LogP contribution in [0.1, 0.15) is 22.3 Å². The van der Waals surface area contributed by atoms with Gasteiger partial charge < -0.3 is 0 Å². The molecule has 0 bridgehead atoms. The highest BCUT2D eigenvalue weighted by Crippen LogP contribution is 2.43. The molecule has 0 radical (unpaired) electrons. The largest absolute Gasteiger partial charge is 0.205 e. The summed E-state index contributed by atoms with van der Waals surface area (Å²) in [7, 11) is 0. The molecular weight excluding hydrogens is 490 g/mol. The first-order valence-corrected chi connectivity index (χ1v) is 12.6. The van der Waals surface area contributed by atoms with Crippen molar-refractivity contribution < 1.29 is 8.78 Å². The van der Waals surface area contributed by atoms with Crippen molar-refractivity contribution in [3.8, 4) is 22.5 Å². The first kappa shape index (κ1) is 24.4. The van der Waals surface area contributed by atoms with Crippen LogP contribution in [0.15, 0.2) is 127 Å². The molecule has 0 unspecified atom stereocenters. The Labute approximate surface area is 225 Å². The van der Waals surface area contributed by atoms with E-state index in [0.29, 0.717) is 17.0 Å². The van der Waals surface area contributed by atoms with Crippen LogP contribution in [-0.2, 0) is 5.54 Å². The van der Waals surface area contributed by atoms with Crippen molar-refractivity contribution in [2.45, 2.75) is 12.5 Å². The van der Waals surface area contributed by atoms with E-state index in [1.807, 2.05) is 122 Å². The monoisotopic (exact) mass is 514 g/mol. The summed E-state index contributed by atoms with van der Waals surface area (Å²) in [5, 5.41) is 13.0. The van der Waals surface area contributed by atoms with Gasteiger partial charge >= 0.3 is 0 Å². The highest BCUT2D eigenvalue weighted by molar-refractivity contribution is 5.81. The molecule has 0 atom stereocenters. The molecule has 6 aromatic rings. The molecule has 0 amide bonds. The molecule has 0 N–H and O–H groups in total. The third-order valence-corrected chi connectivity index (χ3v) is 7.03. The second-order valence-electron chi connectivity index (χ2n) is 9.40. The molecule has 6 heteroatoms. The summed E-state index contributed by atoms with van der Waals surface area (Å²) in [5.74, 6) is -1.60. The topological polar surface area (TPSA) is 43.6 Å². The summed E-state index contributed by atoms with van der Waals surface area (Å²) in [6.45, 7) is 1.98. The van der Waals surface area contributed by atoms with Crippen LogP contribution < -0.4 is 0 Å². The number of rotatable bonds is 6. The minimum absolute atomic E-state index is 0.307. The standard InChI is InChI=1S/C33H24F2N4/c1-23-17-19-24(20-18-23)28-21-30(34)31(35)22-29(28)32-36-37-38-39(32)33(25-11-5-2-6-12-25,26-13-7-3-8-14-26)27-15-9-4-10-16-27/h2-22H,1H3. The lowest BCUT2D eigenvalue weighted by Gasteiger charge is -2.36. The zero-order chi connectivity index (χ0) is 26.8. The van der Waals surface area contributed by atoms with Crippen molar-refractivity contribution >= 4 is 0 Å². The lowest BCUT2D eigenvalue weighted by atomic mass is 9.77. The molecule has 0 aliphatic carbocycles. The number of tetrazole rings is 1. The number of hydrogen-bond donors (Lipinski definition) is 0.